The van der Waals surface area contributed by atoms with Gasteiger partial charge >= 0.3 is 0 Å². The summed E-state index contributed by atoms with van der Waals surface area (Å²) in [7, 11) is 1.58. The van der Waals surface area contributed by atoms with Crippen LogP contribution in [0.5, 0.6) is 0 Å². The molecule has 0 aliphatic carbocycles. The average Bonchev–Trinajstić information content (AvgIpc) is 3.19. The summed E-state index contributed by atoms with van der Waals surface area (Å²) < 4.78 is 6.62. The summed E-state index contributed by atoms with van der Waals surface area (Å²) in [6.07, 6.45) is 3.86. The van der Waals surface area contributed by atoms with Gasteiger partial charge in [-0.25, -0.2) is 4.68 Å². The third-order valence-corrected chi connectivity index (χ3v) is 4.90. The van der Waals surface area contributed by atoms with Crippen LogP contribution in [0.2, 0.25) is 0 Å². The Balaban J connectivity index is 1.58. The standard InChI is InChI=1S/C20H27N5O3/c1-15-5-3-6-16(11-15)12-19(26)24-9-4-7-17(13-24)25-14-18(22-23-25)20(27)21-8-10-28-2/h3,5-6,11,14,17H,4,7-10,12-13H2,1-2H3,(H,21,27)/t17-/m1/s1. The first kappa shape index (κ1) is 20.0. The number of nitrogens with zero attached hydrogens (tertiary/aromatic N) is 4. The Bertz CT molecular complexity index is 820. The third-order valence-electron chi connectivity index (χ3n) is 4.90. The Morgan fingerprint density at radius 3 is 3.00 bits per heavy atom. The molecule has 2 amide bonds. The number of nitrogens with one attached hydrogen (secondary N) is 1. The lowest BCUT2D eigenvalue weighted by Crippen LogP contribution is -2.41. The highest BCUT2D eigenvalue weighted by molar-refractivity contribution is 5.91. The Labute approximate surface area is 164 Å². The minimum absolute atomic E-state index is 0.0308. The van der Waals surface area contributed by atoms with Crippen molar-refractivity contribution in [3.63, 3.8) is 0 Å². The molecular weight excluding hydrogens is 358 g/mol. The van der Waals surface area contributed by atoms with Gasteiger partial charge in [-0.2, -0.15) is 0 Å². The van der Waals surface area contributed by atoms with Gasteiger partial charge in [0.2, 0.25) is 5.91 Å². The molecule has 1 aliphatic heterocycles. The molecule has 8 nitrogen and oxygen atoms in total. The number of aryl methyl sites for hydroxylation is 1. The molecule has 1 aliphatic rings. The second-order valence-electron chi connectivity index (χ2n) is 7.13. The number of amides is 2. The van der Waals surface area contributed by atoms with Crippen LogP contribution in [0.15, 0.2) is 30.5 Å². The zero-order valence-electron chi connectivity index (χ0n) is 16.4. The molecule has 2 heterocycles. The quantitative estimate of drug-likeness (QED) is 0.727. The normalized spacial score (nSPS) is 16.8. The number of carbonyl (C=O) groups is 2. The average molecular weight is 385 g/mol. The van der Waals surface area contributed by atoms with E-state index in [1.54, 1.807) is 18.0 Å². The molecule has 1 saturated heterocycles. The van der Waals surface area contributed by atoms with Crippen molar-refractivity contribution in [1.82, 2.24) is 25.2 Å². The van der Waals surface area contributed by atoms with Crippen molar-refractivity contribution < 1.29 is 14.3 Å². The summed E-state index contributed by atoms with van der Waals surface area (Å²) in [5.41, 5.74) is 2.46. The van der Waals surface area contributed by atoms with Crippen LogP contribution in [0, 0.1) is 6.92 Å². The van der Waals surface area contributed by atoms with Crippen LogP contribution in [0.4, 0.5) is 0 Å². The number of rotatable bonds is 7. The topological polar surface area (TPSA) is 89.4 Å². The SMILES string of the molecule is COCCNC(=O)c1cn([C@@H]2CCCN(C(=O)Cc3cccc(C)c3)C2)nn1. The molecule has 0 saturated carbocycles. The summed E-state index contributed by atoms with van der Waals surface area (Å²) in [6, 6.07) is 8.07. The third kappa shape index (κ3) is 5.16. The molecule has 0 radical (unpaired) electrons. The number of carbonyl (C=O) groups excluding carboxylic acids is 2. The highest BCUT2D eigenvalue weighted by Gasteiger charge is 2.26. The van der Waals surface area contributed by atoms with Crippen molar-refractivity contribution in [2.75, 3.05) is 33.4 Å². The number of aromatic nitrogens is 3. The molecule has 1 aromatic carbocycles. The summed E-state index contributed by atoms with van der Waals surface area (Å²) in [6.45, 7) is 4.23. The highest BCUT2D eigenvalue weighted by Crippen LogP contribution is 2.21. The number of likely N-dealkylation sites (tertiary alicyclic amines) is 1. The van der Waals surface area contributed by atoms with E-state index in [0.717, 1.165) is 30.5 Å². The molecule has 8 heteroatoms. The monoisotopic (exact) mass is 385 g/mol. The van der Waals surface area contributed by atoms with Gasteiger partial charge in [-0.3, -0.25) is 9.59 Å². The molecule has 0 unspecified atom stereocenters. The van der Waals surface area contributed by atoms with Gasteiger partial charge < -0.3 is 15.0 Å². The molecule has 1 N–H and O–H groups in total. The minimum atomic E-state index is -0.272. The maximum absolute atomic E-state index is 12.7. The van der Waals surface area contributed by atoms with Gasteiger partial charge in [0, 0.05) is 26.7 Å². The number of hydrogen-bond donors (Lipinski definition) is 1. The molecule has 150 valence electrons. The maximum Gasteiger partial charge on any atom is 0.273 e. The fourth-order valence-electron chi connectivity index (χ4n) is 3.42. The largest absolute Gasteiger partial charge is 0.383 e. The second-order valence-corrected chi connectivity index (χ2v) is 7.13. The number of methoxy groups -OCH3 is 1. The fraction of sp³-hybridized carbons (Fsp3) is 0.500. The summed E-state index contributed by atoms with van der Waals surface area (Å²) in [5, 5.41) is 10.8. The van der Waals surface area contributed by atoms with E-state index in [2.05, 4.69) is 15.6 Å². The maximum atomic E-state index is 12.7. The number of ether oxygens (including phenoxy) is 1. The smallest absolute Gasteiger partial charge is 0.273 e. The van der Waals surface area contributed by atoms with Crippen molar-refractivity contribution in [3.8, 4) is 0 Å². The van der Waals surface area contributed by atoms with Crippen LogP contribution in [0.25, 0.3) is 0 Å². The lowest BCUT2D eigenvalue weighted by Gasteiger charge is -2.32. The summed E-state index contributed by atoms with van der Waals surface area (Å²) in [5.74, 6) is -0.153. The van der Waals surface area contributed by atoms with Crippen molar-refractivity contribution in [3.05, 3.63) is 47.3 Å². The second kappa shape index (κ2) is 9.45. The van der Waals surface area contributed by atoms with Crippen LogP contribution in [-0.4, -0.2) is 65.1 Å². The zero-order chi connectivity index (χ0) is 19.9. The van der Waals surface area contributed by atoms with E-state index >= 15 is 0 Å². The summed E-state index contributed by atoms with van der Waals surface area (Å²) in [4.78, 5) is 26.7. The molecule has 1 fully saturated rings. The predicted molar refractivity (Wildman–Crippen MR) is 104 cm³/mol. The predicted octanol–water partition coefficient (Wildman–Crippen LogP) is 1.37. The van der Waals surface area contributed by atoms with E-state index in [9.17, 15) is 9.59 Å². The van der Waals surface area contributed by atoms with E-state index in [-0.39, 0.29) is 23.6 Å². The van der Waals surface area contributed by atoms with Gasteiger partial charge in [0.05, 0.1) is 25.3 Å². The summed E-state index contributed by atoms with van der Waals surface area (Å²) >= 11 is 0. The van der Waals surface area contributed by atoms with Gasteiger partial charge in [0.1, 0.15) is 0 Å². The lowest BCUT2D eigenvalue weighted by molar-refractivity contribution is -0.132. The fourth-order valence-corrected chi connectivity index (χ4v) is 3.42. The molecule has 28 heavy (non-hydrogen) atoms. The van der Waals surface area contributed by atoms with Crippen LogP contribution < -0.4 is 5.32 Å². The molecule has 3 rings (SSSR count). The number of piperidine rings is 1. The van der Waals surface area contributed by atoms with Gasteiger partial charge in [-0.15, -0.1) is 5.10 Å². The van der Waals surface area contributed by atoms with Gasteiger partial charge in [0.25, 0.3) is 5.91 Å². The Hall–Kier alpha value is -2.74. The van der Waals surface area contributed by atoms with Crippen LogP contribution in [-0.2, 0) is 16.0 Å². The van der Waals surface area contributed by atoms with Gasteiger partial charge in [0.15, 0.2) is 5.69 Å². The van der Waals surface area contributed by atoms with Crippen molar-refractivity contribution in [2.45, 2.75) is 32.2 Å². The van der Waals surface area contributed by atoms with Crippen molar-refractivity contribution in [1.29, 1.82) is 0 Å². The van der Waals surface area contributed by atoms with Crippen LogP contribution >= 0.6 is 0 Å². The molecule has 1 aromatic heterocycles. The van der Waals surface area contributed by atoms with Crippen LogP contribution in [0.3, 0.4) is 0 Å². The van der Waals surface area contributed by atoms with E-state index in [4.69, 9.17) is 4.74 Å². The number of benzene rings is 1. The lowest BCUT2D eigenvalue weighted by atomic mass is 10.0. The van der Waals surface area contributed by atoms with Crippen molar-refractivity contribution in [2.24, 2.45) is 0 Å². The molecule has 2 aromatic rings. The first-order valence-electron chi connectivity index (χ1n) is 9.59. The molecule has 1 atom stereocenters. The highest BCUT2D eigenvalue weighted by atomic mass is 16.5. The first-order valence-corrected chi connectivity index (χ1v) is 9.59. The van der Waals surface area contributed by atoms with E-state index in [1.807, 2.05) is 36.1 Å². The van der Waals surface area contributed by atoms with E-state index in [0.29, 0.717) is 26.1 Å². The zero-order valence-corrected chi connectivity index (χ0v) is 16.4. The Kier molecular flexibility index (Phi) is 6.76. The minimum Gasteiger partial charge on any atom is -0.383 e. The molecule has 0 spiro atoms. The molecule has 0 bridgehead atoms. The number of hydrogen-bond acceptors (Lipinski definition) is 5. The van der Waals surface area contributed by atoms with Crippen molar-refractivity contribution >= 4 is 11.8 Å². The Morgan fingerprint density at radius 2 is 2.21 bits per heavy atom. The van der Waals surface area contributed by atoms with Crippen LogP contribution in [0.1, 0.15) is 40.5 Å². The van der Waals surface area contributed by atoms with E-state index in [1.165, 1.54) is 0 Å². The van der Waals surface area contributed by atoms with E-state index < -0.39 is 0 Å². The van der Waals surface area contributed by atoms with Gasteiger partial charge in [-0.05, 0) is 25.3 Å². The van der Waals surface area contributed by atoms with Gasteiger partial charge in [-0.1, -0.05) is 35.0 Å². The Morgan fingerprint density at radius 1 is 1.36 bits per heavy atom. The first-order chi connectivity index (χ1) is 13.6. The molecular formula is C20H27N5O3.